The number of hydrogen-bond acceptors (Lipinski definition) is 8. The van der Waals surface area contributed by atoms with Crippen LogP contribution < -0.4 is 9.64 Å². The summed E-state index contributed by atoms with van der Waals surface area (Å²) in [5.74, 6) is 1.02. The number of fused-ring (bicyclic) bond motifs is 1. The normalized spacial score (nSPS) is 21.1. The van der Waals surface area contributed by atoms with Crippen molar-refractivity contribution in [3.05, 3.63) is 59.2 Å². The van der Waals surface area contributed by atoms with Crippen LogP contribution in [-0.4, -0.2) is 83.8 Å². The van der Waals surface area contributed by atoms with Gasteiger partial charge in [0, 0.05) is 33.3 Å². The van der Waals surface area contributed by atoms with Gasteiger partial charge in [0.25, 0.3) is 0 Å². The smallest absolute Gasteiger partial charge is 0.142 e. The van der Waals surface area contributed by atoms with E-state index in [9.17, 15) is 5.11 Å². The number of anilines is 1. The molecule has 0 saturated heterocycles. The molecule has 1 N–H and O–H groups in total. The van der Waals surface area contributed by atoms with E-state index >= 15 is 0 Å². The molecule has 1 aliphatic heterocycles. The Hall–Kier alpha value is -2.20. The number of ether oxygens (including phenoxy) is 6. The molecule has 1 fully saturated rings. The van der Waals surface area contributed by atoms with E-state index < -0.39 is 6.10 Å². The molecule has 8 nitrogen and oxygen atoms in total. The second-order valence-corrected chi connectivity index (χ2v) is 11.4. The highest BCUT2D eigenvalue weighted by Crippen LogP contribution is 2.39. The van der Waals surface area contributed by atoms with E-state index in [0.717, 1.165) is 80.8 Å². The van der Waals surface area contributed by atoms with Crippen LogP contribution in [-0.2, 0) is 36.9 Å². The Bertz CT molecular complexity index is 1030. The summed E-state index contributed by atoms with van der Waals surface area (Å²) in [5, 5.41) is 10.4. The molecular formula is C34H51NO7. The van der Waals surface area contributed by atoms with Crippen LogP contribution in [0.5, 0.6) is 5.75 Å². The minimum Gasteiger partial charge on any atom is -0.490 e. The molecule has 0 bridgehead atoms. The summed E-state index contributed by atoms with van der Waals surface area (Å²) in [7, 11) is 3.43. The minimum atomic E-state index is -0.437. The van der Waals surface area contributed by atoms with Gasteiger partial charge in [-0.05, 0) is 60.9 Å². The average molecular weight is 586 g/mol. The van der Waals surface area contributed by atoms with Crippen molar-refractivity contribution >= 4 is 5.69 Å². The lowest BCUT2D eigenvalue weighted by molar-refractivity contribution is -0.0864. The Morgan fingerprint density at radius 1 is 0.929 bits per heavy atom. The van der Waals surface area contributed by atoms with E-state index in [1.165, 1.54) is 5.56 Å². The first-order valence-corrected chi connectivity index (χ1v) is 15.7. The van der Waals surface area contributed by atoms with E-state index in [1.807, 2.05) is 0 Å². The van der Waals surface area contributed by atoms with Gasteiger partial charge in [-0.3, -0.25) is 0 Å². The molecule has 0 spiro atoms. The molecule has 4 atom stereocenters. The lowest BCUT2D eigenvalue weighted by Crippen LogP contribution is -2.39. The number of aliphatic hydroxyl groups excluding tert-OH is 1. The third-order valence-corrected chi connectivity index (χ3v) is 8.19. The molecule has 8 heteroatoms. The average Bonchev–Trinajstić information content (AvgIpc) is 3.02. The van der Waals surface area contributed by atoms with E-state index in [0.29, 0.717) is 39.6 Å². The predicted octanol–water partition coefficient (Wildman–Crippen LogP) is 5.48. The van der Waals surface area contributed by atoms with Crippen molar-refractivity contribution in [2.75, 3.05) is 65.2 Å². The molecule has 0 unspecified atom stereocenters. The van der Waals surface area contributed by atoms with E-state index in [4.69, 9.17) is 28.4 Å². The van der Waals surface area contributed by atoms with Crippen molar-refractivity contribution in [1.29, 1.82) is 0 Å². The summed E-state index contributed by atoms with van der Waals surface area (Å²) in [4.78, 5) is 2.39. The fraction of sp³-hybridized carbons (Fsp3) is 0.647. The second kappa shape index (κ2) is 17.8. The number of methoxy groups -OCH3 is 2. The van der Waals surface area contributed by atoms with Gasteiger partial charge >= 0.3 is 0 Å². The Morgan fingerprint density at radius 3 is 2.45 bits per heavy atom. The molecule has 1 saturated carbocycles. The van der Waals surface area contributed by atoms with Gasteiger partial charge in [-0.1, -0.05) is 43.7 Å². The fourth-order valence-corrected chi connectivity index (χ4v) is 5.99. The molecular weight excluding hydrogens is 534 g/mol. The zero-order valence-corrected chi connectivity index (χ0v) is 25.8. The van der Waals surface area contributed by atoms with Crippen LogP contribution in [0.4, 0.5) is 5.69 Å². The molecule has 234 valence electrons. The van der Waals surface area contributed by atoms with Crippen LogP contribution in [0.1, 0.15) is 68.1 Å². The maximum absolute atomic E-state index is 10.4. The number of hydrogen-bond donors (Lipinski definition) is 1. The quantitative estimate of drug-likeness (QED) is 0.230. The Kier molecular flexibility index (Phi) is 13.9. The van der Waals surface area contributed by atoms with Gasteiger partial charge in [-0.15, -0.1) is 0 Å². The molecule has 0 amide bonds. The molecule has 2 aromatic rings. The first kappa shape index (κ1) is 32.7. The summed E-state index contributed by atoms with van der Waals surface area (Å²) in [6, 6.07) is 15.1. The van der Waals surface area contributed by atoms with Crippen LogP contribution in [0.3, 0.4) is 0 Å². The number of aliphatic hydroxyl groups is 1. The summed E-state index contributed by atoms with van der Waals surface area (Å²) < 4.78 is 35.1. The third-order valence-electron chi connectivity index (χ3n) is 8.19. The predicted molar refractivity (Wildman–Crippen MR) is 164 cm³/mol. The molecule has 2 aromatic carbocycles. The van der Waals surface area contributed by atoms with Crippen molar-refractivity contribution in [3.8, 4) is 5.75 Å². The molecule has 1 heterocycles. The third kappa shape index (κ3) is 9.66. The molecule has 1 aliphatic carbocycles. The maximum atomic E-state index is 10.4. The van der Waals surface area contributed by atoms with E-state index in [2.05, 4.69) is 54.3 Å². The van der Waals surface area contributed by atoms with Gasteiger partial charge in [0.15, 0.2) is 0 Å². The highest BCUT2D eigenvalue weighted by Gasteiger charge is 2.36. The number of nitrogens with zero attached hydrogens (tertiary/aromatic N) is 1. The van der Waals surface area contributed by atoms with Crippen LogP contribution in [0.15, 0.2) is 42.5 Å². The number of benzene rings is 2. The van der Waals surface area contributed by atoms with Crippen molar-refractivity contribution in [3.63, 3.8) is 0 Å². The molecule has 0 radical (unpaired) electrons. The fourth-order valence-electron chi connectivity index (χ4n) is 5.99. The van der Waals surface area contributed by atoms with Gasteiger partial charge < -0.3 is 38.4 Å². The summed E-state index contributed by atoms with van der Waals surface area (Å²) in [5.41, 5.74) is 4.61. The first-order valence-electron chi connectivity index (χ1n) is 15.7. The van der Waals surface area contributed by atoms with Crippen LogP contribution in [0.2, 0.25) is 0 Å². The SMILES string of the molecule is CCC[C@@H](O)CO[C@@H]1CCC[C@H](OCc2ccc3c(c2)N(CCCOC)CCO3)[C@H]1c1ccc(COCCOC)cc1. The molecule has 2 aliphatic rings. The highest BCUT2D eigenvalue weighted by molar-refractivity contribution is 5.61. The van der Waals surface area contributed by atoms with Gasteiger partial charge in [-0.2, -0.15) is 0 Å². The molecule has 4 rings (SSSR count). The zero-order chi connectivity index (χ0) is 29.6. The van der Waals surface area contributed by atoms with Crippen molar-refractivity contribution in [1.82, 2.24) is 0 Å². The number of rotatable bonds is 18. The van der Waals surface area contributed by atoms with E-state index in [1.54, 1.807) is 14.2 Å². The van der Waals surface area contributed by atoms with Gasteiger partial charge in [0.05, 0.1) is 63.6 Å². The summed E-state index contributed by atoms with van der Waals surface area (Å²) in [6.07, 6.45) is 5.20. The van der Waals surface area contributed by atoms with Crippen molar-refractivity contribution < 1.29 is 33.5 Å². The topological polar surface area (TPSA) is 78.9 Å². The first-order chi connectivity index (χ1) is 20.6. The van der Waals surface area contributed by atoms with Gasteiger partial charge in [0.1, 0.15) is 12.4 Å². The van der Waals surface area contributed by atoms with Crippen molar-refractivity contribution in [2.45, 2.75) is 82.9 Å². The van der Waals surface area contributed by atoms with Crippen LogP contribution in [0.25, 0.3) is 0 Å². The lowest BCUT2D eigenvalue weighted by Gasteiger charge is -2.39. The van der Waals surface area contributed by atoms with Gasteiger partial charge in [0.2, 0.25) is 0 Å². The highest BCUT2D eigenvalue weighted by atomic mass is 16.5. The molecule has 0 aromatic heterocycles. The zero-order valence-electron chi connectivity index (χ0n) is 25.8. The van der Waals surface area contributed by atoms with Crippen molar-refractivity contribution in [2.24, 2.45) is 0 Å². The summed E-state index contributed by atoms with van der Waals surface area (Å²) >= 11 is 0. The van der Waals surface area contributed by atoms with E-state index in [-0.39, 0.29) is 18.1 Å². The minimum absolute atomic E-state index is 0.00716. The second-order valence-electron chi connectivity index (χ2n) is 11.4. The van der Waals surface area contributed by atoms with Gasteiger partial charge in [-0.25, -0.2) is 0 Å². The monoisotopic (exact) mass is 585 g/mol. The van der Waals surface area contributed by atoms with Crippen LogP contribution in [0, 0.1) is 0 Å². The molecule has 42 heavy (non-hydrogen) atoms. The maximum Gasteiger partial charge on any atom is 0.142 e. The Morgan fingerprint density at radius 2 is 1.69 bits per heavy atom. The summed E-state index contributed by atoms with van der Waals surface area (Å²) in [6.45, 7) is 7.96. The Balaban J connectivity index is 1.46. The standard InChI is InChI=1S/C34H51NO7/c1-4-7-29(36)25-42-33-9-5-8-32(34(33)28-13-10-26(11-14-28)23-39-21-20-38-3)41-24-27-12-15-31-30(22-27)35(17-19-40-31)16-6-18-37-2/h10-15,22,29,32-34,36H,4-9,16-21,23-25H2,1-3H3/t29-,32+,33-,34-/m1/s1. The Labute approximate surface area is 252 Å². The van der Waals surface area contributed by atoms with Crippen LogP contribution >= 0.6 is 0 Å². The lowest BCUT2D eigenvalue weighted by atomic mass is 9.79. The largest absolute Gasteiger partial charge is 0.490 e.